The van der Waals surface area contributed by atoms with Gasteiger partial charge in [-0.05, 0) is 48.4 Å². The summed E-state index contributed by atoms with van der Waals surface area (Å²) in [5.74, 6) is -0.669. The number of carbonyl (C=O) groups is 2. The second kappa shape index (κ2) is 10.7. The number of rotatable bonds is 8. The van der Waals surface area contributed by atoms with E-state index in [1.165, 1.54) is 4.31 Å². The first-order valence-corrected chi connectivity index (χ1v) is 11.7. The van der Waals surface area contributed by atoms with Crippen molar-refractivity contribution in [2.45, 2.75) is 11.3 Å². The highest BCUT2D eigenvalue weighted by atomic mass is 35.5. The number of carbonyl (C=O) groups excluding carboxylic acids is 2. The molecule has 0 saturated carbocycles. The third kappa shape index (κ3) is 6.51. The molecule has 1 aliphatic rings. The van der Waals surface area contributed by atoms with Gasteiger partial charge >= 0.3 is 0 Å². The van der Waals surface area contributed by atoms with Crippen molar-refractivity contribution in [1.29, 1.82) is 0 Å². The van der Waals surface area contributed by atoms with Crippen LogP contribution in [-0.4, -0.2) is 63.9 Å². The van der Waals surface area contributed by atoms with E-state index >= 15 is 0 Å². The Bertz CT molecular complexity index is 1000. The topological polar surface area (TPSA) is 105 Å². The fourth-order valence-electron chi connectivity index (χ4n) is 3.04. The Balaban J connectivity index is 1.42. The van der Waals surface area contributed by atoms with Gasteiger partial charge in [0.05, 0.1) is 24.7 Å². The van der Waals surface area contributed by atoms with Crippen molar-refractivity contribution in [3.8, 4) is 0 Å². The van der Waals surface area contributed by atoms with Crippen molar-refractivity contribution in [3.63, 3.8) is 0 Å². The summed E-state index contributed by atoms with van der Waals surface area (Å²) >= 11 is 5.79. The summed E-state index contributed by atoms with van der Waals surface area (Å²) < 4.78 is 31.9. The van der Waals surface area contributed by atoms with Crippen LogP contribution in [0.2, 0.25) is 5.02 Å². The fraction of sp³-hybridized carbons (Fsp3) is 0.333. The molecule has 1 saturated heterocycles. The van der Waals surface area contributed by atoms with E-state index in [-0.39, 0.29) is 23.3 Å². The van der Waals surface area contributed by atoms with E-state index in [4.69, 9.17) is 16.3 Å². The maximum Gasteiger partial charge on any atom is 0.251 e. The van der Waals surface area contributed by atoms with Gasteiger partial charge in [0.25, 0.3) is 5.91 Å². The highest BCUT2D eigenvalue weighted by molar-refractivity contribution is 7.89. The molecule has 0 bridgehead atoms. The molecule has 0 aliphatic carbocycles. The molecule has 3 rings (SSSR count). The Morgan fingerprint density at radius 3 is 2.26 bits per heavy atom. The third-order valence-electron chi connectivity index (χ3n) is 4.78. The van der Waals surface area contributed by atoms with Crippen LogP contribution in [0.15, 0.2) is 53.4 Å². The molecule has 0 atom stereocenters. The quantitative estimate of drug-likeness (QED) is 0.614. The molecule has 31 heavy (non-hydrogen) atoms. The van der Waals surface area contributed by atoms with E-state index < -0.39 is 10.0 Å². The monoisotopic (exact) mass is 465 g/mol. The van der Waals surface area contributed by atoms with Gasteiger partial charge in [-0.25, -0.2) is 8.42 Å². The smallest absolute Gasteiger partial charge is 0.251 e. The minimum Gasteiger partial charge on any atom is -0.379 e. The summed E-state index contributed by atoms with van der Waals surface area (Å²) in [5.41, 5.74) is 1.32. The molecular formula is C21H24ClN3O5S. The van der Waals surface area contributed by atoms with E-state index in [0.29, 0.717) is 49.9 Å². The van der Waals surface area contributed by atoms with Crippen molar-refractivity contribution >= 4 is 33.4 Å². The van der Waals surface area contributed by atoms with Gasteiger partial charge in [-0.3, -0.25) is 9.59 Å². The molecule has 8 nitrogen and oxygen atoms in total. The van der Waals surface area contributed by atoms with Crippen LogP contribution in [0.3, 0.4) is 0 Å². The van der Waals surface area contributed by atoms with Crippen LogP contribution in [0.5, 0.6) is 0 Å². The molecule has 1 heterocycles. The van der Waals surface area contributed by atoms with Crippen molar-refractivity contribution in [3.05, 3.63) is 64.7 Å². The molecule has 0 spiro atoms. The second-order valence-corrected chi connectivity index (χ2v) is 9.32. The van der Waals surface area contributed by atoms with Gasteiger partial charge in [-0.15, -0.1) is 0 Å². The molecule has 0 unspecified atom stereocenters. The highest BCUT2D eigenvalue weighted by Gasteiger charge is 2.26. The minimum atomic E-state index is -3.52. The molecule has 10 heteroatoms. The van der Waals surface area contributed by atoms with E-state index in [1.54, 1.807) is 48.5 Å². The van der Waals surface area contributed by atoms with Crippen LogP contribution in [0, 0.1) is 0 Å². The van der Waals surface area contributed by atoms with Gasteiger partial charge in [-0.1, -0.05) is 23.7 Å². The van der Waals surface area contributed by atoms with Crippen LogP contribution >= 0.6 is 11.6 Å². The number of ether oxygens (including phenoxy) is 1. The molecular weight excluding hydrogens is 442 g/mol. The average Bonchev–Trinajstić information content (AvgIpc) is 2.79. The van der Waals surface area contributed by atoms with E-state index in [9.17, 15) is 18.0 Å². The number of nitrogens with one attached hydrogen (secondary N) is 2. The largest absolute Gasteiger partial charge is 0.379 e. The maximum absolute atomic E-state index is 12.6. The first-order chi connectivity index (χ1) is 14.9. The molecule has 1 aliphatic heterocycles. The zero-order valence-electron chi connectivity index (χ0n) is 16.8. The molecule has 0 aromatic heterocycles. The van der Waals surface area contributed by atoms with Crippen molar-refractivity contribution in [2.75, 3.05) is 39.4 Å². The van der Waals surface area contributed by atoms with Gasteiger partial charge in [0.15, 0.2) is 0 Å². The zero-order chi connectivity index (χ0) is 22.3. The maximum atomic E-state index is 12.6. The van der Waals surface area contributed by atoms with Crippen molar-refractivity contribution < 1.29 is 22.7 Å². The Hall–Kier alpha value is -2.46. The second-order valence-electron chi connectivity index (χ2n) is 6.95. The predicted octanol–water partition coefficient (Wildman–Crippen LogP) is 1.45. The molecule has 2 N–H and O–H groups in total. The average molecular weight is 466 g/mol. The predicted molar refractivity (Wildman–Crippen MR) is 117 cm³/mol. The number of hydrogen-bond donors (Lipinski definition) is 2. The van der Waals surface area contributed by atoms with Gasteiger partial charge < -0.3 is 15.4 Å². The Morgan fingerprint density at radius 1 is 0.968 bits per heavy atom. The highest BCUT2D eigenvalue weighted by Crippen LogP contribution is 2.17. The fourth-order valence-corrected chi connectivity index (χ4v) is 4.57. The Morgan fingerprint density at radius 2 is 1.61 bits per heavy atom. The lowest BCUT2D eigenvalue weighted by Crippen LogP contribution is -2.40. The zero-order valence-corrected chi connectivity index (χ0v) is 18.4. The molecule has 2 aromatic carbocycles. The van der Waals surface area contributed by atoms with Crippen LogP contribution in [-0.2, 0) is 26.0 Å². The van der Waals surface area contributed by atoms with Crippen LogP contribution in [0.1, 0.15) is 15.9 Å². The normalized spacial score (nSPS) is 14.7. The standard InChI is InChI=1S/C21H24ClN3O5S/c22-18-5-3-17(4-6-18)21(27)24-15-20(26)23-10-9-16-1-7-19(8-2-16)31(28,29)25-11-13-30-14-12-25/h1-8H,9-15H2,(H,23,26)(H,24,27). The number of halogens is 1. The summed E-state index contributed by atoms with van der Waals surface area (Å²) in [6, 6.07) is 13.0. The van der Waals surface area contributed by atoms with Crippen molar-refractivity contribution in [1.82, 2.24) is 14.9 Å². The van der Waals surface area contributed by atoms with Gasteiger partial charge in [0, 0.05) is 30.2 Å². The number of nitrogens with zero attached hydrogens (tertiary/aromatic N) is 1. The van der Waals surface area contributed by atoms with Gasteiger partial charge in [0.2, 0.25) is 15.9 Å². The first-order valence-electron chi connectivity index (χ1n) is 9.83. The van der Waals surface area contributed by atoms with Gasteiger partial charge in [0.1, 0.15) is 0 Å². The number of amides is 2. The summed E-state index contributed by atoms with van der Waals surface area (Å²) in [5, 5.41) is 5.81. The lowest BCUT2D eigenvalue weighted by molar-refractivity contribution is -0.120. The molecule has 2 aromatic rings. The van der Waals surface area contributed by atoms with E-state index in [2.05, 4.69) is 10.6 Å². The number of morpholine rings is 1. The van der Waals surface area contributed by atoms with Gasteiger partial charge in [-0.2, -0.15) is 4.31 Å². The molecule has 0 radical (unpaired) electrons. The Kier molecular flexibility index (Phi) is 8.03. The molecule has 166 valence electrons. The SMILES string of the molecule is O=C(CNC(=O)c1ccc(Cl)cc1)NCCc1ccc(S(=O)(=O)N2CCOCC2)cc1. The van der Waals surface area contributed by atoms with Crippen molar-refractivity contribution in [2.24, 2.45) is 0 Å². The van der Waals surface area contributed by atoms with E-state index in [1.807, 2.05) is 0 Å². The van der Waals surface area contributed by atoms with Crippen LogP contribution in [0.25, 0.3) is 0 Å². The molecule has 1 fully saturated rings. The molecule has 2 amide bonds. The lowest BCUT2D eigenvalue weighted by atomic mass is 10.1. The summed E-state index contributed by atoms with van der Waals surface area (Å²) in [6.07, 6.45) is 0.536. The first kappa shape index (κ1) is 23.2. The summed E-state index contributed by atoms with van der Waals surface area (Å²) in [4.78, 5) is 24.2. The summed E-state index contributed by atoms with van der Waals surface area (Å²) in [6.45, 7) is 1.73. The number of hydrogen-bond acceptors (Lipinski definition) is 5. The lowest BCUT2D eigenvalue weighted by Gasteiger charge is -2.26. The minimum absolute atomic E-state index is 0.141. The van der Waals surface area contributed by atoms with Crippen LogP contribution < -0.4 is 10.6 Å². The van der Waals surface area contributed by atoms with E-state index in [0.717, 1.165) is 5.56 Å². The number of benzene rings is 2. The number of sulfonamides is 1. The Labute approximate surface area is 186 Å². The summed E-state index contributed by atoms with van der Waals surface area (Å²) in [7, 11) is -3.52. The third-order valence-corrected chi connectivity index (χ3v) is 6.95. The van der Waals surface area contributed by atoms with Crippen LogP contribution in [0.4, 0.5) is 0 Å².